The van der Waals surface area contributed by atoms with Crippen molar-refractivity contribution in [3.05, 3.63) is 0 Å². The summed E-state index contributed by atoms with van der Waals surface area (Å²) in [4.78, 5) is 0. The fourth-order valence-corrected chi connectivity index (χ4v) is 1.59. The maximum Gasteiger partial charge on any atom is 0.0238 e. The molecule has 0 saturated carbocycles. The van der Waals surface area contributed by atoms with E-state index in [1.165, 1.54) is 6.42 Å². The molecule has 0 spiro atoms. The van der Waals surface area contributed by atoms with E-state index in [9.17, 15) is 0 Å². The molecule has 1 heterocycles. The van der Waals surface area contributed by atoms with E-state index in [4.69, 9.17) is 0 Å². The Balaban J connectivity index is 2.14. The van der Waals surface area contributed by atoms with E-state index in [0.717, 1.165) is 21.5 Å². The highest BCUT2D eigenvalue weighted by atomic mass is 31.1. The third-order valence-electron chi connectivity index (χ3n) is 1.21. The van der Waals surface area contributed by atoms with Crippen LogP contribution in [0.2, 0.25) is 0 Å². The van der Waals surface area contributed by atoms with Gasteiger partial charge in [-0.3, -0.25) is 10.2 Å². The van der Waals surface area contributed by atoms with Gasteiger partial charge in [-0.1, -0.05) is 6.92 Å². The van der Waals surface area contributed by atoms with Gasteiger partial charge < -0.3 is 0 Å². The zero-order valence-corrected chi connectivity index (χ0v) is 5.49. The molecule has 2 nitrogen and oxygen atoms in total. The molecule has 1 aliphatic rings. The third-order valence-corrected chi connectivity index (χ3v) is 2.14. The predicted molar refractivity (Wildman–Crippen MR) is 33.5 cm³/mol. The van der Waals surface area contributed by atoms with Gasteiger partial charge in [0.2, 0.25) is 0 Å². The highest BCUT2D eigenvalue weighted by molar-refractivity contribution is 7.33. The van der Waals surface area contributed by atoms with Crippen LogP contribution < -0.4 is 10.2 Å². The average Bonchev–Trinajstić information content (AvgIpc) is 2.14. The summed E-state index contributed by atoms with van der Waals surface area (Å²) in [5.74, 6) is 0. The Hall–Kier alpha value is 0.350. The molecular formula is C4H11N2P. The maximum absolute atomic E-state index is 3.32. The first-order valence-electron chi connectivity index (χ1n) is 2.67. The molecule has 0 amide bonds. The van der Waals surface area contributed by atoms with Gasteiger partial charge in [0.15, 0.2) is 0 Å². The molecule has 0 aromatic carbocycles. The molecule has 1 rings (SSSR count). The second-order valence-electron chi connectivity index (χ2n) is 1.76. The Morgan fingerprint density at radius 2 is 2.71 bits per heavy atom. The molecule has 7 heavy (non-hydrogen) atoms. The number of hydrogen-bond donors (Lipinski definition) is 2. The highest BCUT2D eigenvalue weighted by Crippen LogP contribution is 2.08. The summed E-state index contributed by atoms with van der Waals surface area (Å²) in [6.45, 7) is 3.37. The van der Waals surface area contributed by atoms with Crippen molar-refractivity contribution in [1.82, 2.24) is 10.2 Å². The van der Waals surface area contributed by atoms with Gasteiger partial charge in [-0.15, -0.1) is 0 Å². The van der Waals surface area contributed by atoms with Crippen LogP contribution >= 0.6 is 8.88 Å². The van der Waals surface area contributed by atoms with Crippen molar-refractivity contribution in [2.45, 2.75) is 19.4 Å². The lowest BCUT2D eigenvalue weighted by Crippen LogP contribution is -2.19. The Kier molecular flexibility index (Phi) is 2.04. The fraction of sp³-hybridized carbons (Fsp3) is 1.00. The summed E-state index contributed by atoms with van der Waals surface area (Å²) in [6, 6.07) is 0.748. The lowest BCUT2D eigenvalue weighted by atomic mass is 10.2. The van der Waals surface area contributed by atoms with Crippen LogP contribution in [0.3, 0.4) is 0 Å². The minimum Gasteiger partial charge on any atom is -0.285 e. The normalized spacial score (nSPS) is 34.7. The minimum atomic E-state index is 0.748. The molecule has 0 radical (unpaired) electrons. The van der Waals surface area contributed by atoms with E-state index in [1.54, 1.807) is 0 Å². The molecule has 1 saturated heterocycles. The van der Waals surface area contributed by atoms with Crippen LogP contribution in [0.25, 0.3) is 0 Å². The quantitative estimate of drug-likeness (QED) is 0.489. The summed E-state index contributed by atoms with van der Waals surface area (Å²) in [7, 11) is 0.796. The van der Waals surface area contributed by atoms with Crippen molar-refractivity contribution in [2.75, 3.05) is 6.54 Å². The van der Waals surface area contributed by atoms with E-state index in [0.29, 0.717) is 0 Å². The first-order chi connectivity index (χ1) is 3.43. The number of hydrogen-bond acceptors (Lipinski definition) is 2. The SMILES string of the molecule is CCC1CNPN1. The van der Waals surface area contributed by atoms with Gasteiger partial charge in [-0.25, -0.2) is 0 Å². The van der Waals surface area contributed by atoms with Gasteiger partial charge in [0.1, 0.15) is 0 Å². The standard InChI is InChI=1S/C4H11N2P/c1-2-4-3-5-7-6-4/h4-7H,2-3H2,1H3. The predicted octanol–water partition coefficient (Wildman–Crippen LogP) is 0.466. The van der Waals surface area contributed by atoms with E-state index in [-0.39, 0.29) is 0 Å². The minimum absolute atomic E-state index is 0.748. The van der Waals surface area contributed by atoms with E-state index in [2.05, 4.69) is 17.1 Å². The summed E-state index contributed by atoms with van der Waals surface area (Å²) in [5, 5.41) is 6.56. The van der Waals surface area contributed by atoms with E-state index < -0.39 is 0 Å². The summed E-state index contributed by atoms with van der Waals surface area (Å²) in [5.41, 5.74) is 0. The molecule has 42 valence electrons. The van der Waals surface area contributed by atoms with Gasteiger partial charge in [-0.2, -0.15) is 0 Å². The van der Waals surface area contributed by atoms with Crippen molar-refractivity contribution in [1.29, 1.82) is 0 Å². The Morgan fingerprint density at radius 1 is 1.86 bits per heavy atom. The topological polar surface area (TPSA) is 24.1 Å². The Labute approximate surface area is 46.0 Å². The van der Waals surface area contributed by atoms with Gasteiger partial charge in [0.25, 0.3) is 0 Å². The molecule has 2 atom stereocenters. The van der Waals surface area contributed by atoms with Crippen molar-refractivity contribution < 1.29 is 0 Å². The Bertz CT molecular complexity index is 51.7. The number of rotatable bonds is 1. The highest BCUT2D eigenvalue weighted by Gasteiger charge is 2.08. The van der Waals surface area contributed by atoms with Gasteiger partial charge in [0, 0.05) is 21.5 Å². The molecule has 0 aromatic rings. The molecule has 1 aliphatic heterocycles. The molecule has 2 N–H and O–H groups in total. The lowest BCUT2D eigenvalue weighted by molar-refractivity contribution is 0.638. The second-order valence-corrected chi connectivity index (χ2v) is 2.65. The third kappa shape index (κ3) is 1.37. The molecule has 1 fully saturated rings. The smallest absolute Gasteiger partial charge is 0.0238 e. The van der Waals surface area contributed by atoms with Gasteiger partial charge in [0.05, 0.1) is 0 Å². The van der Waals surface area contributed by atoms with Crippen molar-refractivity contribution in [3.8, 4) is 0 Å². The molecule has 0 aliphatic carbocycles. The van der Waals surface area contributed by atoms with Crippen molar-refractivity contribution >= 4 is 8.88 Å². The van der Waals surface area contributed by atoms with E-state index >= 15 is 0 Å². The van der Waals surface area contributed by atoms with Crippen LogP contribution in [0.1, 0.15) is 13.3 Å². The van der Waals surface area contributed by atoms with Crippen molar-refractivity contribution in [3.63, 3.8) is 0 Å². The first-order valence-corrected chi connectivity index (χ1v) is 3.67. The fourth-order valence-electron chi connectivity index (χ4n) is 0.625. The van der Waals surface area contributed by atoms with E-state index in [1.807, 2.05) is 0 Å². The summed E-state index contributed by atoms with van der Waals surface area (Å²) < 4.78 is 0. The van der Waals surface area contributed by atoms with Crippen LogP contribution in [-0.4, -0.2) is 12.6 Å². The van der Waals surface area contributed by atoms with Crippen LogP contribution in [-0.2, 0) is 0 Å². The largest absolute Gasteiger partial charge is 0.285 e. The second kappa shape index (κ2) is 2.61. The molecule has 0 bridgehead atoms. The summed E-state index contributed by atoms with van der Waals surface area (Å²) >= 11 is 0. The molecule has 0 aromatic heterocycles. The maximum atomic E-state index is 3.32. The number of nitrogens with one attached hydrogen (secondary N) is 2. The summed E-state index contributed by atoms with van der Waals surface area (Å²) in [6.07, 6.45) is 1.25. The first kappa shape index (κ1) is 5.49. The van der Waals surface area contributed by atoms with Crippen LogP contribution in [0.5, 0.6) is 0 Å². The monoisotopic (exact) mass is 118 g/mol. The average molecular weight is 118 g/mol. The molecule has 2 unspecified atom stereocenters. The van der Waals surface area contributed by atoms with Gasteiger partial charge >= 0.3 is 0 Å². The molecule has 3 heteroatoms. The zero-order valence-electron chi connectivity index (χ0n) is 4.49. The lowest BCUT2D eigenvalue weighted by Gasteiger charge is -2.00. The Morgan fingerprint density at radius 3 is 3.00 bits per heavy atom. The van der Waals surface area contributed by atoms with Crippen molar-refractivity contribution in [2.24, 2.45) is 0 Å². The molecular weight excluding hydrogens is 107 g/mol. The zero-order chi connectivity index (χ0) is 5.11. The van der Waals surface area contributed by atoms with Crippen LogP contribution in [0.4, 0.5) is 0 Å². The van der Waals surface area contributed by atoms with Crippen LogP contribution in [0, 0.1) is 0 Å². The van der Waals surface area contributed by atoms with Crippen LogP contribution in [0.15, 0.2) is 0 Å². The van der Waals surface area contributed by atoms with Gasteiger partial charge in [-0.05, 0) is 6.42 Å².